The van der Waals surface area contributed by atoms with E-state index in [9.17, 15) is 19.8 Å². The van der Waals surface area contributed by atoms with Crippen LogP contribution in [0.25, 0.3) is 0 Å². The summed E-state index contributed by atoms with van der Waals surface area (Å²) in [6.07, 6.45) is 7.22. The van der Waals surface area contributed by atoms with Gasteiger partial charge in [0, 0.05) is 44.2 Å². The Bertz CT molecular complexity index is 2140. The van der Waals surface area contributed by atoms with Gasteiger partial charge >= 0.3 is 12.2 Å². The molecule has 0 spiro atoms. The number of ether oxygens (including phenoxy) is 6. The Kier molecular flexibility index (Phi) is 14.6. The first-order valence-electron chi connectivity index (χ1n) is 22.0. The number of nitrogens with zero attached hydrogens (tertiary/aromatic N) is 2. The minimum Gasteiger partial charge on any atom is -0.459 e. The van der Waals surface area contributed by atoms with Gasteiger partial charge in [-0.2, -0.15) is 0 Å². The summed E-state index contributed by atoms with van der Waals surface area (Å²) in [5.41, 5.74) is 3.39. The molecule has 0 aromatic heterocycles. The molecule has 3 aromatic carbocycles. The molecule has 7 rings (SSSR count). The zero-order chi connectivity index (χ0) is 44.6. The van der Waals surface area contributed by atoms with E-state index >= 15 is 0 Å². The average Bonchev–Trinajstić information content (AvgIpc) is 3.75. The highest BCUT2D eigenvalue weighted by Gasteiger charge is 2.65. The summed E-state index contributed by atoms with van der Waals surface area (Å²) in [6, 6.07) is 19.7. The number of hydrogen-bond donors (Lipinski definition) is 3. The van der Waals surface area contributed by atoms with Gasteiger partial charge in [-0.05, 0) is 105 Å². The number of unbranched alkanes of at least 4 members (excludes halogenated alkanes) is 2. The van der Waals surface area contributed by atoms with Crippen LogP contribution < -0.4 is 24.3 Å². The van der Waals surface area contributed by atoms with Gasteiger partial charge in [0.05, 0.1) is 25.3 Å². The third-order valence-electron chi connectivity index (χ3n) is 12.1. The summed E-state index contributed by atoms with van der Waals surface area (Å²) >= 11 is 0. The lowest BCUT2D eigenvalue weighted by Crippen LogP contribution is -2.70. The molecule has 6 unspecified atom stereocenters. The number of rotatable bonds is 18. The highest BCUT2D eigenvalue weighted by atomic mass is 16.7. The zero-order valence-electron chi connectivity index (χ0n) is 36.8. The van der Waals surface area contributed by atoms with Crippen LogP contribution in [0.15, 0.2) is 96.2 Å². The number of amides is 2. The van der Waals surface area contributed by atoms with Crippen molar-refractivity contribution in [1.82, 2.24) is 10.2 Å². The Morgan fingerprint density at radius 2 is 1.70 bits per heavy atom. The first-order chi connectivity index (χ1) is 30.5. The van der Waals surface area contributed by atoms with Crippen LogP contribution in [0.1, 0.15) is 88.3 Å². The molecular formula is C49H61N3O11. The number of fused-ring (bicyclic) bond motifs is 3. The van der Waals surface area contributed by atoms with E-state index < -0.39 is 35.5 Å². The zero-order valence-corrected chi connectivity index (χ0v) is 36.8. The van der Waals surface area contributed by atoms with Crippen LogP contribution in [0.2, 0.25) is 0 Å². The lowest BCUT2D eigenvalue weighted by molar-refractivity contribution is -0.256. The standard InChI is InChI=1S/C49H61N3O11/c1-6-24-60-49-43(52(47(56)57-5)30-33-18-20-41-42(25-33)59-31-58-41)28-39(51-63-48(2,3)4)37-26-34(16-10-12-22-53)36(17-11-13-23-54)44(45(37)49)38-27-35(19-21-40(38)62-49)61-46(55)50-29-32-14-8-7-9-15-32/h6-9,14-15,18-21,25-27,34,36,43-45,53-54H,1,10-13,16-17,22-24,28-31H2,2-5H3,(H,50,55). The quantitative estimate of drug-likeness (QED) is 0.0638. The number of methoxy groups -OCH3 is 1. The molecule has 1 fully saturated rings. The van der Waals surface area contributed by atoms with E-state index in [-0.39, 0.29) is 57.3 Å². The molecule has 1 saturated carbocycles. The molecule has 2 heterocycles. The number of carbonyl (C=O) groups is 2. The van der Waals surface area contributed by atoms with E-state index in [1.807, 2.05) is 75.4 Å². The second kappa shape index (κ2) is 20.3. The predicted octanol–water partition coefficient (Wildman–Crippen LogP) is 8.40. The lowest BCUT2D eigenvalue weighted by Gasteiger charge is -2.59. The minimum atomic E-state index is -1.52. The Labute approximate surface area is 369 Å². The molecule has 0 radical (unpaired) electrons. The molecule has 2 amide bonds. The smallest absolute Gasteiger partial charge is 0.412 e. The van der Waals surface area contributed by atoms with Gasteiger partial charge in [-0.15, -0.1) is 6.58 Å². The number of oxime groups is 1. The molecular weight excluding hydrogens is 807 g/mol. The number of aliphatic hydroxyl groups excluding tert-OH is 2. The Morgan fingerprint density at radius 1 is 0.952 bits per heavy atom. The Morgan fingerprint density at radius 3 is 2.43 bits per heavy atom. The van der Waals surface area contributed by atoms with E-state index in [0.29, 0.717) is 48.1 Å². The fraction of sp³-hybridized carbons (Fsp3) is 0.490. The molecule has 2 aliphatic heterocycles. The Balaban J connectivity index is 1.40. The van der Waals surface area contributed by atoms with Crippen molar-refractivity contribution in [3.63, 3.8) is 0 Å². The summed E-state index contributed by atoms with van der Waals surface area (Å²) in [5.74, 6) is -0.423. The van der Waals surface area contributed by atoms with Gasteiger partial charge in [0.15, 0.2) is 11.5 Å². The summed E-state index contributed by atoms with van der Waals surface area (Å²) in [7, 11) is 1.35. The van der Waals surface area contributed by atoms with Crippen molar-refractivity contribution >= 4 is 17.9 Å². The first kappa shape index (κ1) is 45.5. The van der Waals surface area contributed by atoms with E-state index in [1.54, 1.807) is 23.1 Å². The van der Waals surface area contributed by atoms with E-state index in [0.717, 1.165) is 47.9 Å². The summed E-state index contributed by atoms with van der Waals surface area (Å²) < 4.78 is 37.2. The number of nitrogens with one attached hydrogen (secondary N) is 1. The van der Waals surface area contributed by atoms with Crippen LogP contribution in [0.3, 0.4) is 0 Å². The minimum absolute atomic E-state index is 0.00928. The van der Waals surface area contributed by atoms with Crippen LogP contribution in [0.4, 0.5) is 9.59 Å². The van der Waals surface area contributed by atoms with Gasteiger partial charge in [0.2, 0.25) is 12.6 Å². The summed E-state index contributed by atoms with van der Waals surface area (Å²) in [4.78, 5) is 35.5. The lowest BCUT2D eigenvalue weighted by atomic mass is 9.55. The van der Waals surface area contributed by atoms with E-state index in [4.69, 9.17) is 38.4 Å². The highest BCUT2D eigenvalue weighted by molar-refractivity contribution is 6.03. The summed E-state index contributed by atoms with van der Waals surface area (Å²) in [5, 5.41) is 27.6. The van der Waals surface area contributed by atoms with Crippen LogP contribution in [-0.4, -0.2) is 84.2 Å². The predicted molar refractivity (Wildman–Crippen MR) is 236 cm³/mol. The molecule has 3 aromatic rings. The monoisotopic (exact) mass is 867 g/mol. The number of benzene rings is 3. The Hall–Kier alpha value is -5.57. The van der Waals surface area contributed by atoms with Crippen molar-refractivity contribution in [1.29, 1.82) is 0 Å². The number of allylic oxidation sites excluding steroid dienone is 1. The van der Waals surface area contributed by atoms with Crippen molar-refractivity contribution in [2.24, 2.45) is 22.9 Å². The van der Waals surface area contributed by atoms with Crippen molar-refractivity contribution in [3.8, 4) is 23.0 Å². The molecule has 6 atom stereocenters. The highest BCUT2D eigenvalue weighted by Crippen LogP contribution is 2.62. The molecule has 3 N–H and O–H groups in total. The van der Waals surface area contributed by atoms with Gasteiger partial charge < -0.3 is 48.8 Å². The topological polar surface area (TPSA) is 167 Å². The maximum absolute atomic E-state index is 14.3. The number of carbonyl (C=O) groups excluding carboxylic acids is 2. The number of aliphatic hydroxyl groups is 2. The largest absolute Gasteiger partial charge is 0.459 e. The van der Waals surface area contributed by atoms with Gasteiger partial charge in [-0.25, -0.2) is 9.59 Å². The van der Waals surface area contributed by atoms with Crippen LogP contribution in [-0.2, 0) is 27.4 Å². The number of hydrogen-bond acceptors (Lipinski definition) is 12. The average molecular weight is 868 g/mol. The maximum Gasteiger partial charge on any atom is 0.412 e. The second-order valence-corrected chi connectivity index (χ2v) is 17.5. The van der Waals surface area contributed by atoms with E-state index in [1.165, 1.54) is 7.11 Å². The van der Waals surface area contributed by atoms with Crippen LogP contribution in [0.5, 0.6) is 23.0 Å². The third-order valence-corrected chi connectivity index (χ3v) is 12.1. The first-order valence-corrected chi connectivity index (χ1v) is 22.0. The van der Waals surface area contributed by atoms with E-state index in [2.05, 4.69) is 18.0 Å². The van der Waals surface area contributed by atoms with Crippen molar-refractivity contribution < 1.29 is 53.1 Å². The normalized spacial score (nSPS) is 23.7. The molecule has 14 nitrogen and oxygen atoms in total. The van der Waals surface area contributed by atoms with Crippen LogP contribution >= 0.6 is 0 Å². The second-order valence-electron chi connectivity index (χ2n) is 17.5. The fourth-order valence-corrected chi connectivity index (χ4v) is 9.47. The molecule has 63 heavy (non-hydrogen) atoms. The van der Waals surface area contributed by atoms with Crippen molar-refractivity contribution in [2.45, 2.75) is 102 Å². The van der Waals surface area contributed by atoms with Gasteiger partial charge in [0.1, 0.15) is 23.1 Å². The SMILES string of the molecule is C=CCOC12Oc3ccc(OC(=O)NCc4ccccc4)cc3C3C(CCCCO)C(CCCCO)C=C(C(=NOC(C)(C)C)CC1N(Cc1ccc4c(c1)OCO4)C(=O)OC)C32. The molecule has 4 aliphatic rings. The molecule has 338 valence electrons. The molecule has 0 bridgehead atoms. The van der Waals surface area contributed by atoms with Crippen molar-refractivity contribution in [2.75, 3.05) is 33.7 Å². The third kappa shape index (κ3) is 10.3. The summed E-state index contributed by atoms with van der Waals surface area (Å²) in [6.45, 7) is 10.5. The van der Waals surface area contributed by atoms with Gasteiger partial charge in [-0.1, -0.05) is 66.5 Å². The fourth-order valence-electron chi connectivity index (χ4n) is 9.47. The van der Waals surface area contributed by atoms with Gasteiger partial charge in [-0.3, -0.25) is 4.90 Å². The van der Waals surface area contributed by atoms with Crippen LogP contribution in [0, 0.1) is 17.8 Å². The maximum atomic E-state index is 14.3. The molecule has 14 heteroatoms. The van der Waals surface area contributed by atoms with Crippen molar-refractivity contribution in [3.05, 3.63) is 108 Å². The molecule has 2 aliphatic carbocycles. The van der Waals surface area contributed by atoms with Gasteiger partial charge in [0.25, 0.3) is 0 Å². The molecule has 0 saturated heterocycles.